The lowest BCUT2D eigenvalue weighted by atomic mass is 9.84. The highest BCUT2D eigenvalue weighted by molar-refractivity contribution is 6.25. The highest BCUT2D eigenvalue weighted by atomic mass is 16.3. The Morgan fingerprint density at radius 3 is 1.47 bits per heavy atom. The molecule has 0 aliphatic carbocycles. The second-order valence-corrected chi connectivity index (χ2v) is 10.5. The first kappa shape index (κ1) is 13.7. The molecule has 0 N–H and O–H groups in total. The third-order valence-corrected chi connectivity index (χ3v) is 7.92. The topological polar surface area (TPSA) is 13.1 Å². The van der Waals surface area contributed by atoms with Gasteiger partial charge in [-0.05, 0) is 49.4 Å². The Morgan fingerprint density at radius 1 is 0.340 bits per heavy atom. The first-order valence-corrected chi connectivity index (χ1v) is 14.5. The molecule has 47 heavy (non-hydrogen) atoms. The van der Waals surface area contributed by atoms with Crippen LogP contribution in [0.15, 0.2) is 186 Å². The maximum atomic E-state index is 9.59. The van der Waals surface area contributed by atoms with Gasteiger partial charge in [0.15, 0.2) is 0 Å². The highest BCUT2D eigenvalue weighted by Crippen LogP contribution is 2.51. The first-order valence-electron chi connectivity index (χ1n) is 24.5. The molecule has 0 spiro atoms. The zero-order chi connectivity index (χ0) is 48.6. The summed E-state index contributed by atoms with van der Waals surface area (Å²) in [6.07, 6.45) is 0. The van der Waals surface area contributed by atoms with Gasteiger partial charge < -0.3 is 4.42 Å². The Bertz CT molecular complexity index is 3570. The first-order chi connectivity index (χ1) is 31.7. The van der Waals surface area contributed by atoms with Gasteiger partial charge in [-0.3, -0.25) is 0 Å². The average molecular weight is 619 g/mol. The van der Waals surface area contributed by atoms with Crippen LogP contribution >= 0.6 is 0 Å². The van der Waals surface area contributed by atoms with Crippen molar-refractivity contribution in [1.29, 1.82) is 0 Å². The molecule has 9 rings (SSSR count). The molecular formula is C46H30O. The third kappa shape index (κ3) is 4.47. The second-order valence-electron chi connectivity index (χ2n) is 10.5. The predicted octanol–water partition coefficient (Wildman–Crippen LogP) is 13.1. The Labute approximate surface area is 302 Å². The Hall–Kier alpha value is -6.18. The molecule has 0 fully saturated rings. The van der Waals surface area contributed by atoms with Crippen LogP contribution in [0.3, 0.4) is 0 Å². The zero-order valence-electron chi connectivity index (χ0n) is 44.2. The van der Waals surface area contributed by atoms with E-state index in [1.165, 1.54) is 12.1 Å². The minimum absolute atomic E-state index is 0.0326. The van der Waals surface area contributed by atoms with Gasteiger partial charge in [-0.15, -0.1) is 0 Å². The fourth-order valence-electron chi connectivity index (χ4n) is 5.98. The summed E-state index contributed by atoms with van der Waals surface area (Å²) in [5.41, 5.74) is -2.97. The predicted molar refractivity (Wildman–Crippen MR) is 198 cm³/mol. The molecule has 1 heteroatoms. The standard InChI is InChI=1S/C46H30O/c1-4-17-31(18-5-1)34-23-10-15-28-40(34)46-44(41-30-16-29-35(45(41)47-46)32-19-6-2-7-20-32)43-38-26-13-11-24-36(38)42(33-21-8-3-9-22-33)37-25-12-14-27-39(37)43/h1-30H/i2D,6D,7D,10D,11D,12D,13D,14D,15D,16D,19D,20D,23D,24D,25D,26D,27D,28D,29D,30D. The summed E-state index contributed by atoms with van der Waals surface area (Å²) < 4.78 is 188. The summed E-state index contributed by atoms with van der Waals surface area (Å²) in [6, 6.07) is 0.674. The van der Waals surface area contributed by atoms with Crippen molar-refractivity contribution in [3.63, 3.8) is 0 Å². The normalized spacial score (nSPS) is 17.4. The fourth-order valence-corrected chi connectivity index (χ4v) is 5.98. The quantitative estimate of drug-likeness (QED) is 0.175. The van der Waals surface area contributed by atoms with Gasteiger partial charge >= 0.3 is 0 Å². The lowest BCUT2D eigenvalue weighted by Crippen LogP contribution is -1.92. The number of rotatable bonds is 5. The SMILES string of the molecule is [2H]c1c([2H])c([2H])c(-c2c([2H])c([2H])c([2H])c3c(-c4c5c([2H])c([2H])c([2H])c([2H])c5c(-c5ccccc5)c5c([2H])c([2H])c([2H])c([2H])c45)c(-c4c([2H])c([2H])c([2H])c([2H])c4-c4ccccc4)oc23)c([2H])c1[2H]. The molecule has 0 radical (unpaired) electrons. The molecule has 1 nitrogen and oxygen atoms in total. The van der Waals surface area contributed by atoms with Gasteiger partial charge in [-0.2, -0.15) is 0 Å². The van der Waals surface area contributed by atoms with Gasteiger partial charge in [-0.25, -0.2) is 0 Å². The summed E-state index contributed by atoms with van der Waals surface area (Å²) in [5.74, 6) is -0.595. The van der Waals surface area contributed by atoms with E-state index >= 15 is 0 Å². The molecule has 220 valence electrons. The maximum absolute atomic E-state index is 9.59. The Morgan fingerprint density at radius 2 is 0.830 bits per heavy atom. The summed E-state index contributed by atoms with van der Waals surface area (Å²) in [5, 5.41) is -1.82. The molecule has 1 heterocycles. The van der Waals surface area contributed by atoms with E-state index in [0.29, 0.717) is 0 Å². The Kier molecular flexibility index (Phi) is 3.29. The van der Waals surface area contributed by atoms with Crippen molar-refractivity contribution in [1.82, 2.24) is 0 Å². The summed E-state index contributed by atoms with van der Waals surface area (Å²) in [4.78, 5) is 0. The van der Waals surface area contributed by atoms with E-state index < -0.39 is 176 Å². The number of para-hydroxylation sites is 1. The average Bonchev–Trinajstić information content (AvgIpc) is 3.72. The van der Waals surface area contributed by atoms with Gasteiger partial charge in [0.2, 0.25) is 0 Å². The second kappa shape index (κ2) is 11.3. The van der Waals surface area contributed by atoms with Crippen molar-refractivity contribution < 1.29 is 31.8 Å². The van der Waals surface area contributed by atoms with Gasteiger partial charge in [0.05, 0.1) is 27.4 Å². The third-order valence-electron chi connectivity index (χ3n) is 7.92. The molecule has 0 aliphatic rings. The van der Waals surface area contributed by atoms with E-state index in [1.54, 1.807) is 48.5 Å². The van der Waals surface area contributed by atoms with Crippen molar-refractivity contribution in [3.8, 4) is 55.8 Å². The molecule has 8 aromatic carbocycles. The molecule has 0 aliphatic heterocycles. The molecule has 0 amide bonds. The largest absolute Gasteiger partial charge is 0.455 e. The van der Waals surface area contributed by atoms with Crippen LogP contribution in [0.4, 0.5) is 0 Å². The fraction of sp³-hybridized carbons (Fsp3) is 0. The highest BCUT2D eigenvalue weighted by Gasteiger charge is 2.26. The van der Waals surface area contributed by atoms with E-state index in [0.717, 1.165) is 0 Å². The van der Waals surface area contributed by atoms with Crippen molar-refractivity contribution in [3.05, 3.63) is 182 Å². The van der Waals surface area contributed by atoms with E-state index in [4.69, 9.17) is 19.5 Å². The van der Waals surface area contributed by atoms with Gasteiger partial charge in [0.25, 0.3) is 0 Å². The smallest absolute Gasteiger partial charge is 0.143 e. The van der Waals surface area contributed by atoms with Crippen LogP contribution < -0.4 is 0 Å². The van der Waals surface area contributed by atoms with Crippen LogP contribution in [-0.2, 0) is 0 Å². The number of furan rings is 1. The van der Waals surface area contributed by atoms with Crippen LogP contribution in [0.2, 0.25) is 0 Å². The van der Waals surface area contributed by atoms with Crippen molar-refractivity contribution >= 4 is 32.5 Å². The number of hydrogen-bond acceptors (Lipinski definition) is 1. The van der Waals surface area contributed by atoms with Crippen LogP contribution in [0.5, 0.6) is 0 Å². The van der Waals surface area contributed by atoms with Crippen molar-refractivity contribution in [2.24, 2.45) is 0 Å². The van der Waals surface area contributed by atoms with E-state index in [2.05, 4.69) is 0 Å². The Balaban J connectivity index is 1.71. The molecule has 1 aromatic heterocycles. The number of fused-ring (bicyclic) bond motifs is 3. The summed E-state index contributed by atoms with van der Waals surface area (Å²) in [6.45, 7) is 0. The molecule has 0 bridgehead atoms. The summed E-state index contributed by atoms with van der Waals surface area (Å²) >= 11 is 0. The van der Waals surface area contributed by atoms with Crippen LogP contribution in [-0.4, -0.2) is 0 Å². The monoisotopic (exact) mass is 618 g/mol. The zero-order valence-corrected chi connectivity index (χ0v) is 24.2. The maximum Gasteiger partial charge on any atom is 0.143 e. The molecule has 0 atom stereocenters. The minimum atomic E-state index is -0.889. The molecule has 0 saturated carbocycles. The number of hydrogen-bond donors (Lipinski definition) is 0. The molecule has 0 unspecified atom stereocenters. The van der Waals surface area contributed by atoms with Crippen LogP contribution in [0, 0.1) is 0 Å². The van der Waals surface area contributed by atoms with Gasteiger partial charge in [-0.1, -0.05) is 182 Å². The molecular weight excluding hydrogens is 569 g/mol. The van der Waals surface area contributed by atoms with Gasteiger partial charge in [0.1, 0.15) is 11.3 Å². The molecule has 9 aromatic rings. The van der Waals surface area contributed by atoms with E-state index in [1.807, 2.05) is 0 Å². The minimum Gasteiger partial charge on any atom is -0.455 e. The van der Waals surface area contributed by atoms with E-state index in [-0.39, 0.29) is 33.0 Å². The van der Waals surface area contributed by atoms with Crippen molar-refractivity contribution in [2.75, 3.05) is 0 Å². The van der Waals surface area contributed by atoms with Crippen LogP contribution in [0.1, 0.15) is 27.4 Å². The lowest BCUT2D eigenvalue weighted by Gasteiger charge is -2.18. The van der Waals surface area contributed by atoms with Gasteiger partial charge in [0, 0.05) is 27.6 Å². The number of benzene rings is 8. The lowest BCUT2D eigenvalue weighted by molar-refractivity contribution is 0.634. The van der Waals surface area contributed by atoms with Crippen LogP contribution in [0.25, 0.3) is 88.3 Å². The van der Waals surface area contributed by atoms with Crippen molar-refractivity contribution in [2.45, 2.75) is 0 Å². The summed E-state index contributed by atoms with van der Waals surface area (Å²) in [7, 11) is 0. The van der Waals surface area contributed by atoms with E-state index in [9.17, 15) is 12.3 Å². The molecule has 0 saturated heterocycles.